The topological polar surface area (TPSA) is 55.6 Å². The second-order valence-corrected chi connectivity index (χ2v) is 3.76. The summed E-state index contributed by atoms with van der Waals surface area (Å²) < 4.78 is 5.27. The number of nitrogens with two attached hydrogens (primary N) is 1. The average Bonchev–Trinajstić information content (AvgIpc) is 2.20. The molecule has 0 aromatic carbocycles. The standard InChI is InChI=1S/C10H20N2O2/c1-3-12(10(13)8(2)11)9-4-6-14-7-5-9/h8-9H,3-7,11H2,1-2H3/t8-/m1/s1. The molecule has 1 heterocycles. The zero-order valence-electron chi connectivity index (χ0n) is 9.03. The van der Waals surface area contributed by atoms with Gasteiger partial charge >= 0.3 is 0 Å². The molecule has 0 saturated carbocycles. The molecule has 2 N–H and O–H groups in total. The summed E-state index contributed by atoms with van der Waals surface area (Å²) in [6, 6.07) is -0.0648. The van der Waals surface area contributed by atoms with Crippen LogP contribution in [0.4, 0.5) is 0 Å². The Labute approximate surface area is 85.4 Å². The van der Waals surface area contributed by atoms with Crippen LogP contribution < -0.4 is 5.73 Å². The summed E-state index contributed by atoms with van der Waals surface area (Å²) in [5, 5.41) is 0. The molecule has 4 nitrogen and oxygen atoms in total. The van der Waals surface area contributed by atoms with E-state index >= 15 is 0 Å². The molecule has 1 rings (SSSR count). The van der Waals surface area contributed by atoms with E-state index in [1.165, 1.54) is 0 Å². The van der Waals surface area contributed by atoms with Gasteiger partial charge in [-0.15, -0.1) is 0 Å². The van der Waals surface area contributed by atoms with Crippen molar-refractivity contribution in [1.29, 1.82) is 0 Å². The molecule has 0 aromatic heterocycles. The molecule has 0 bridgehead atoms. The largest absolute Gasteiger partial charge is 0.381 e. The molecule has 0 unspecified atom stereocenters. The minimum Gasteiger partial charge on any atom is -0.381 e. The van der Waals surface area contributed by atoms with Crippen LogP contribution in [0, 0.1) is 0 Å². The molecule has 82 valence electrons. The first-order chi connectivity index (χ1) is 6.66. The lowest BCUT2D eigenvalue weighted by atomic mass is 10.1. The minimum atomic E-state index is -0.391. The van der Waals surface area contributed by atoms with Crippen LogP contribution in [0.1, 0.15) is 26.7 Å². The van der Waals surface area contributed by atoms with Gasteiger partial charge in [-0.3, -0.25) is 4.79 Å². The Kier molecular flexibility index (Phi) is 4.35. The third-order valence-electron chi connectivity index (χ3n) is 2.64. The van der Waals surface area contributed by atoms with E-state index in [2.05, 4.69) is 0 Å². The maximum atomic E-state index is 11.7. The molecular formula is C10H20N2O2. The molecule has 0 radical (unpaired) electrons. The predicted octanol–water partition coefficient (Wildman–Crippen LogP) is 0.361. The Balaban J connectivity index is 2.55. The van der Waals surface area contributed by atoms with E-state index in [0.29, 0.717) is 6.04 Å². The fourth-order valence-corrected chi connectivity index (χ4v) is 1.85. The number of carbonyl (C=O) groups is 1. The Hall–Kier alpha value is -0.610. The average molecular weight is 200 g/mol. The Morgan fingerprint density at radius 3 is 2.57 bits per heavy atom. The summed E-state index contributed by atoms with van der Waals surface area (Å²) in [6.07, 6.45) is 1.87. The zero-order chi connectivity index (χ0) is 10.6. The lowest BCUT2D eigenvalue weighted by Gasteiger charge is -2.34. The van der Waals surface area contributed by atoms with Gasteiger partial charge in [-0.1, -0.05) is 0 Å². The third kappa shape index (κ3) is 2.69. The quantitative estimate of drug-likeness (QED) is 0.715. The number of likely N-dealkylation sites (N-methyl/N-ethyl adjacent to an activating group) is 1. The molecule has 0 spiro atoms. The van der Waals surface area contributed by atoms with Gasteiger partial charge in [0.1, 0.15) is 0 Å². The molecule has 1 atom stereocenters. The first-order valence-corrected chi connectivity index (χ1v) is 5.30. The summed E-state index contributed by atoms with van der Waals surface area (Å²) in [4.78, 5) is 13.6. The van der Waals surface area contributed by atoms with Crippen molar-refractivity contribution >= 4 is 5.91 Å². The minimum absolute atomic E-state index is 0.0550. The van der Waals surface area contributed by atoms with Crippen molar-refractivity contribution < 1.29 is 9.53 Å². The van der Waals surface area contributed by atoms with Crippen molar-refractivity contribution in [3.8, 4) is 0 Å². The number of hydrogen-bond acceptors (Lipinski definition) is 3. The number of nitrogens with zero attached hydrogens (tertiary/aromatic N) is 1. The molecule has 14 heavy (non-hydrogen) atoms. The van der Waals surface area contributed by atoms with Crippen LogP contribution in [0.25, 0.3) is 0 Å². The van der Waals surface area contributed by atoms with Crippen molar-refractivity contribution in [3.05, 3.63) is 0 Å². The normalized spacial score (nSPS) is 20.5. The predicted molar refractivity (Wildman–Crippen MR) is 54.9 cm³/mol. The van der Waals surface area contributed by atoms with Crippen molar-refractivity contribution in [1.82, 2.24) is 4.90 Å². The molecule has 0 aromatic rings. The van der Waals surface area contributed by atoms with Crippen LogP contribution in [0.3, 0.4) is 0 Å². The highest BCUT2D eigenvalue weighted by molar-refractivity contribution is 5.81. The molecule has 0 aliphatic carbocycles. The second-order valence-electron chi connectivity index (χ2n) is 3.76. The Bertz CT molecular complexity index is 189. The molecular weight excluding hydrogens is 180 g/mol. The fourth-order valence-electron chi connectivity index (χ4n) is 1.85. The van der Waals surface area contributed by atoms with Gasteiger partial charge in [0.05, 0.1) is 6.04 Å². The molecule has 1 aliphatic heterocycles. The zero-order valence-corrected chi connectivity index (χ0v) is 9.03. The van der Waals surface area contributed by atoms with E-state index in [1.807, 2.05) is 11.8 Å². The van der Waals surface area contributed by atoms with Crippen molar-refractivity contribution in [2.75, 3.05) is 19.8 Å². The first-order valence-electron chi connectivity index (χ1n) is 5.30. The van der Waals surface area contributed by atoms with Crippen LogP contribution in [-0.4, -0.2) is 42.6 Å². The van der Waals surface area contributed by atoms with Gasteiger partial charge in [0.2, 0.25) is 5.91 Å². The SMILES string of the molecule is CCN(C(=O)[C@@H](C)N)C1CCOCC1. The lowest BCUT2D eigenvalue weighted by Crippen LogP contribution is -2.49. The summed E-state index contributed by atoms with van der Waals surface area (Å²) >= 11 is 0. The summed E-state index contributed by atoms with van der Waals surface area (Å²) in [5.74, 6) is 0.0550. The van der Waals surface area contributed by atoms with Crippen LogP contribution in [0.2, 0.25) is 0 Å². The highest BCUT2D eigenvalue weighted by atomic mass is 16.5. The van der Waals surface area contributed by atoms with E-state index in [-0.39, 0.29) is 5.91 Å². The summed E-state index contributed by atoms with van der Waals surface area (Å²) in [5.41, 5.74) is 5.60. The Morgan fingerprint density at radius 2 is 2.14 bits per heavy atom. The third-order valence-corrected chi connectivity index (χ3v) is 2.64. The van der Waals surface area contributed by atoms with E-state index in [4.69, 9.17) is 10.5 Å². The highest BCUT2D eigenvalue weighted by Gasteiger charge is 2.25. The van der Waals surface area contributed by atoms with Crippen molar-refractivity contribution in [2.24, 2.45) is 5.73 Å². The van der Waals surface area contributed by atoms with Gasteiger partial charge in [0.25, 0.3) is 0 Å². The molecule has 1 aliphatic rings. The van der Waals surface area contributed by atoms with Crippen LogP contribution in [0.15, 0.2) is 0 Å². The van der Waals surface area contributed by atoms with Gasteiger partial charge < -0.3 is 15.4 Å². The second kappa shape index (κ2) is 5.32. The van der Waals surface area contributed by atoms with Gasteiger partial charge in [0, 0.05) is 25.8 Å². The van der Waals surface area contributed by atoms with E-state index < -0.39 is 6.04 Å². The van der Waals surface area contributed by atoms with Crippen molar-refractivity contribution in [3.63, 3.8) is 0 Å². The van der Waals surface area contributed by atoms with Gasteiger partial charge in [-0.25, -0.2) is 0 Å². The fraction of sp³-hybridized carbons (Fsp3) is 0.900. The molecule has 1 fully saturated rings. The summed E-state index contributed by atoms with van der Waals surface area (Å²) in [6.45, 7) is 5.99. The smallest absolute Gasteiger partial charge is 0.239 e. The molecule has 1 amide bonds. The first kappa shape index (κ1) is 11.5. The number of ether oxygens (including phenoxy) is 1. The van der Waals surface area contributed by atoms with E-state index in [1.54, 1.807) is 6.92 Å². The van der Waals surface area contributed by atoms with E-state index in [0.717, 1.165) is 32.6 Å². The van der Waals surface area contributed by atoms with Crippen LogP contribution >= 0.6 is 0 Å². The number of rotatable bonds is 3. The number of amides is 1. The Morgan fingerprint density at radius 1 is 1.57 bits per heavy atom. The summed E-state index contributed by atoms with van der Waals surface area (Å²) in [7, 11) is 0. The monoisotopic (exact) mass is 200 g/mol. The molecule has 4 heteroatoms. The van der Waals surface area contributed by atoms with Crippen molar-refractivity contribution in [2.45, 2.75) is 38.8 Å². The maximum Gasteiger partial charge on any atom is 0.239 e. The lowest BCUT2D eigenvalue weighted by molar-refractivity contribution is -0.136. The number of hydrogen-bond donors (Lipinski definition) is 1. The van der Waals surface area contributed by atoms with Crippen LogP contribution in [0.5, 0.6) is 0 Å². The van der Waals surface area contributed by atoms with Gasteiger partial charge in [-0.05, 0) is 26.7 Å². The molecule has 1 saturated heterocycles. The van der Waals surface area contributed by atoms with Gasteiger partial charge in [-0.2, -0.15) is 0 Å². The highest BCUT2D eigenvalue weighted by Crippen LogP contribution is 2.14. The van der Waals surface area contributed by atoms with E-state index in [9.17, 15) is 4.79 Å². The maximum absolute atomic E-state index is 11.7. The van der Waals surface area contributed by atoms with Crippen LogP contribution in [-0.2, 0) is 9.53 Å². The number of carbonyl (C=O) groups excluding carboxylic acids is 1. The van der Waals surface area contributed by atoms with Gasteiger partial charge in [0.15, 0.2) is 0 Å².